The van der Waals surface area contributed by atoms with Crippen molar-refractivity contribution in [1.29, 1.82) is 0 Å². The molecular formula is C16H25N3. The quantitative estimate of drug-likeness (QED) is 0.875. The summed E-state index contributed by atoms with van der Waals surface area (Å²) in [5, 5.41) is 3.42. The molecule has 2 aliphatic heterocycles. The maximum absolute atomic E-state index is 3.42. The van der Waals surface area contributed by atoms with Crippen LogP contribution in [0.25, 0.3) is 0 Å². The lowest BCUT2D eigenvalue weighted by molar-refractivity contribution is 0.188. The second-order valence-corrected chi connectivity index (χ2v) is 5.96. The first-order valence-corrected chi connectivity index (χ1v) is 7.52. The van der Waals surface area contributed by atoms with E-state index in [4.69, 9.17) is 0 Å². The fourth-order valence-electron chi connectivity index (χ4n) is 3.27. The second-order valence-electron chi connectivity index (χ2n) is 5.96. The van der Waals surface area contributed by atoms with Gasteiger partial charge in [0.15, 0.2) is 0 Å². The summed E-state index contributed by atoms with van der Waals surface area (Å²) in [4.78, 5) is 4.98. The first-order chi connectivity index (χ1) is 9.33. The predicted octanol–water partition coefficient (Wildman–Crippen LogP) is 1.16. The largest absolute Gasteiger partial charge is 0.314 e. The minimum atomic E-state index is 0.768. The van der Waals surface area contributed by atoms with E-state index in [9.17, 15) is 0 Å². The Morgan fingerprint density at radius 1 is 1.16 bits per heavy atom. The molecule has 2 aliphatic rings. The van der Waals surface area contributed by atoms with Crippen LogP contribution in [0.15, 0.2) is 24.3 Å². The minimum Gasteiger partial charge on any atom is -0.314 e. The van der Waals surface area contributed by atoms with Crippen LogP contribution in [0, 0.1) is 0 Å². The number of rotatable bonds is 4. The molecule has 0 aliphatic carbocycles. The molecule has 0 bridgehead atoms. The van der Waals surface area contributed by atoms with Gasteiger partial charge in [-0.25, -0.2) is 0 Å². The van der Waals surface area contributed by atoms with Crippen molar-refractivity contribution in [2.75, 3.05) is 52.9 Å². The highest BCUT2D eigenvalue weighted by Crippen LogP contribution is 2.28. The van der Waals surface area contributed by atoms with Crippen molar-refractivity contribution in [3.63, 3.8) is 0 Å². The van der Waals surface area contributed by atoms with Crippen LogP contribution in [0.2, 0.25) is 0 Å². The Kier molecular flexibility index (Phi) is 4.16. The van der Waals surface area contributed by atoms with Crippen LogP contribution in [-0.2, 0) is 6.42 Å². The van der Waals surface area contributed by atoms with Gasteiger partial charge in [-0.2, -0.15) is 0 Å². The van der Waals surface area contributed by atoms with Gasteiger partial charge in [0, 0.05) is 51.7 Å². The molecule has 104 valence electrons. The van der Waals surface area contributed by atoms with Crippen LogP contribution < -0.4 is 5.32 Å². The Balaban J connectivity index is 1.60. The molecule has 1 aromatic carbocycles. The maximum atomic E-state index is 3.42. The molecule has 2 heterocycles. The lowest BCUT2D eigenvalue weighted by atomic mass is 9.87. The van der Waals surface area contributed by atoms with E-state index in [0.29, 0.717) is 0 Å². The molecule has 0 amide bonds. The predicted molar refractivity (Wildman–Crippen MR) is 79.7 cm³/mol. The third-order valence-electron chi connectivity index (χ3n) is 4.47. The van der Waals surface area contributed by atoms with Gasteiger partial charge < -0.3 is 15.1 Å². The first-order valence-electron chi connectivity index (χ1n) is 7.52. The van der Waals surface area contributed by atoms with Gasteiger partial charge in [0.2, 0.25) is 0 Å². The number of likely N-dealkylation sites (tertiary alicyclic amines) is 1. The molecule has 0 radical (unpaired) electrons. The number of hydrogen-bond acceptors (Lipinski definition) is 3. The van der Waals surface area contributed by atoms with E-state index in [1.165, 1.54) is 39.1 Å². The number of hydrogen-bond donors (Lipinski definition) is 1. The molecule has 1 N–H and O–H groups in total. The molecule has 2 fully saturated rings. The highest BCUT2D eigenvalue weighted by atomic mass is 15.2. The van der Waals surface area contributed by atoms with E-state index < -0.39 is 0 Å². The standard InChI is InChI=1S/C16H25N3/c1-18-12-15(13-18)16-5-3-2-4-14(16)6-9-19-10-7-17-8-11-19/h2-5,15,17H,6-13H2,1H3. The summed E-state index contributed by atoms with van der Waals surface area (Å²) < 4.78 is 0. The van der Waals surface area contributed by atoms with Crippen molar-refractivity contribution in [2.45, 2.75) is 12.3 Å². The number of benzene rings is 1. The van der Waals surface area contributed by atoms with Gasteiger partial charge in [0.25, 0.3) is 0 Å². The van der Waals surface area contributed by atoms with Crippen LogP contribution in [0.1, 0.15) is 17.0 Å². The van der Waals surface area contributed by atoms with Crippen molar-refractivity contribution in [1.82, 2.24) is 15.1 Å². The Hall–Kier alpha value is -0.900. The summed E-state index contributed by atoms with van der Waals surface area (Å²) >= 11 is 0. The van der Waals surface area contributed by atoms with Crippen molar-refractivity contribution >= 4 is 0 Å². The van der Waals surface area contributed by atoms with E-state index in [2.05, 4.69) is 46.4 Å². The SMILES string of the molecule is CN1CC(c2ccccc2CCN2CCNCC2)C1. The van der Waals surface area contributed by atoms with Gasteiger partial charge in [-0.15, -0.1) is 0 Å². The normalized spacial score (nSPS) is 22.4. The average Bonchev–Trinajstić information content (AvgIpc) is 2.43. The van der Waals surface area contributed by atoms with Crippen molar-refractivity contribution < 1.29 is 0 Å². The van der Waals surface area contributed by atoms with Crippen molar-refractivity contribution in [3.05, 3.63) is 35.4 Å². The van der Waals surface area contributed by atoms with E-state index >= 15 is 0 Å². The molecule has 1 aromatic rings. The fraction of sp³-hybridized carbons (Fsp3) is 0.625. The summed E-state index contributed by atoms with van der Waals surface area (Å²) in [5.41, 5.74) is 3.16. The molecule has 2 saturated heterocycles. The smallest absolute Gasteiger partial charge is 0.0108 e. The average molecular weight is 259 g/mol. The van der Waals surface area contributed by atoms with Gasteiger partial charge in [-0.05, 0) is 24.6 Å². The van der Waals surface area contributed by atoms with Gasteiger partial charge in [0.1, 0.15) is 0 Å². The molecule has 0 spiro atoms. The molecule has 0 unspecified atom stereocenters. The van der Waals surface area contributed by atoms with Gasteiger partial charge in [0.05, 0.1) is 0 Å². The van der Waals surface area contributed by atoms with E-state index in [1.807, 2.05) is 0 Å². The third-order valence-corrected chi connectivity index (χ3v) is 4.47. The second kappa shape index (κ2) is 6.04. The third kappa shape index (κ3) is 3.16. The van der Waals surface area contributed by atoms with Gasteiger partial charge >= 0.3 is 0 Å². The molecular weight excluding hydrogens is 234 g/mol. The van der Waals surface area contributed by atoms with E-state index in [0.717, 1.165) is 19.0 Å². The van der Waals surface area contributed by atoms with Crippen LogP contribution in [0.4, 0.5) is 0 Å². The minimum absolute atomic E-state index is 0.768. The van der Waals surface area contributed by atoms with E-state index in [1.54, 1.807) is 11.1 Å². The first kappa shape index (κ1) is 13.1. The van der Waals surface area contributed by atoms with Crippen molar-refractivity contribution in [2.24, 2.45) is 0 Å². The molecule has 0 aromatic heterocycles. The topological polar surface area (TPSA) is 18.5 Å². The van der Waals surface area contributed by atoms with Crippen LogP contribution in [0.5, 0.6) is 0 Å². The summed E-state index contributed by atoms with van der Waals surface area (Å²) in [6.45, 7) is 8.36. The van der Waals surface area contributed by atoms with Gasteiger partial charge in [-0.3, -0.25) is 0 Å². The molecule has 0 saturated carbocycles. The highest BCUT2D eigenvalue weighted by Gasteiger charge is 2.26. The Labute approximate surface area is 116 Å². The molecule has 3 rings (SSSR count). The zero-order valence-corrected chi connectivity index (χ0v) is 11.9. The van der Waals surface area contributed by atoms with Crippen LogP contribution in [0.3, 0.4) is 0 Å². The lowest BCUT2D eigenvalue weighted by Gasteiger charge is -2.37. The molecule has 0 atom stereocenters. The maximum Gasteiger partial charge on any atom is 0.0108 e. The number of piperazine rings is 1. The fourth-order valence-corrected chi connectivity index (χ4v) is 3.27. The number of likely N-dealkylation sites (N-methyl/N-ethyl adjacent to an activating group) is 1. The zero-order chi connectivity index (χ0) is 13.1. The van der Waals surface area contributed by atoms with Crippen LogP contribution >= 0.6 is 0 Å². The summed E-state index contributed by atoms with van der Waals surface area (Å²) in [5.74, 6) is 0.768. The van der Waals surface area contributed by atoms with Crippen LogP contribution in [-0.4, -0.2) is 62.7 Å². The highest BCUT2D eigenvalue weighted by molar-refractivity contribution is 5.32. The molecule has 3 heteroatoms. The Morgan fingerprint density at radius 3 is 2.63 bits per heavy atom. The molecule has 19 heavy (non-hydrogen) atoms. The summed E-state index contributed by atoms with van der Waals surface area (Å²) in [6.07, 6.45) is 1.20. The lowest BCUT2D eigenvalue weighted by Crippen LogP contribution is -2.44. The van der Waals surface area contributed by atoms with E-state index in [-0.39, 0.29) is 0 Å². The number of nitrogens with zero attached hydrogens (tertiary/aromatic N) is 2. The molecule has 3 nitrogen and oxygen atoms in total. The monoisotopic (exact) mass is 259 g/mol. The number of nitrogens with one attached hydrogen (secondary N) is 1. The zero-order valence-electron chi connectivity index (χ0n) is 11.9. The Morgan fingerprint density at radius 2 is 1.89 bits per heavy atom. The summed E-state index contributed by atoms with van der Waals surface area (Å²) in [6, 6.07) is 9.06. The summed E-state index contributed by atoms with van der Waals surface area (Å²) in [7, 11) is 2.21. The van der Waals surface area contributed by atoms with Crippen molar-refractivity contribution in [3.8, 4) is 0 Å². The Bertz CT molecular complexity index is 406. The van der Waals surface area contributed by atoms with Gasteiger partial charge in [-0.1, -0.05) is 24.3 Å².